The molecule has 1 aromatic heterocycles. The summed E-state index contributed by atoms with van der Waals surface area (Å²) >= 11 is 7.03. The van der Waals surface area contributed by atoms with Crippen LogP contribution in [0.1, 0.15) is 47.1 Å². The number of amides is 2. The summed E-state index contributed by atoms with van der Waals surface area (Å²) in [6.45, 7) is 5.38. The second kappa shape index (κ2) is 9.50. The molecule has 0 aliphatic heterocycles. The summed E-state index contributed by atoms with van der Waals surface area (Å²) < 4.78 is 18.0. The number of methoxy groups -OCH3 is 1. The van der Waals surface area contributed by atoms with Crippen molar-refractivity contribution in [2.24, 2.45) is 0 Å². The van der Waals surface area contributed by atoms with Gasteiger partial charge < -0.3 is 15.4 Å². The number of anilines is 2. The van der Waals surface area contributed by atoms with E-state index in [0.717, 1.165) is 34.6 Å². The first-order valence-electron chi connectivity index (χ1n) is 9.48. The van der Waals surface area contributed by atoms with Crippen LogP contribution in [0, 0.1) is 26.6 Å². The van der Waals surface area contributed by atoms with Crippen LogP contribution in [-0.2, 0) is 4.74 Å². The molecular weight excluding hydrogens is 455 g/mol. The van der Waals surface area contributed by atoms with Gasteiger partial charge in [0.2, 0.25) is 0 Å². The zero-order chi connectivity index (χ0) is 23.6. The van der Waals surface area contributed by atoms with E-state index in [-0.39, 0.29) is 16.5 Å². The van der Waals surface area contributed by atoms with Crippen LogP contribution in [0.3, 0.4) is 0 Å². The van der Waals surface area contributed by atoms with Gasteiger partial charge in [-0.25, -0.2) is 9.18 Å². The highest BCUT2D eigenvalue weighted by Crippen LogP contribution is 2.29. The lowest BCUT2D eigenvalue weighted by Crippen LogP contribution is -2.13. The summed E-state index contributed by atoms with van der Waals surface area (Å²) in [7, 11) is 1.30. The molecule has 1 heterocycles. The van der Waals surface area contributed by atoms with Crippen molar-refractivity contribution in [3.8, 4) is 0 Å². The maximum Gasteiger partial charge on any atom is 0.338 e. The molecule has 32 heavy (non-hydrogen) atoms. The number of esters is 1. The Labute approximate surface area is 193 Å². The maximum atomic E-state index is 13.2. The monoisotopic (exact) mass is 474 g/mol. The van der Waals surface area contributed by atoms with Gasteiger partial charge in [-0.2, -0.15) is 0 Å². The van der Waals surface area contributed by atoms with E-state index in [9.17, 15) is 18.8 Å². The molecule has 2 aromatic carbocycles. The largest absolute Gasteiger partial charge is 0.465 e. The van der Waals surface area contributed by atoms with Crippen LogP contribution in [0.25, 0.3) is 0 Å². The van der Waals surface area contributed by atoms with E-state index in [4.69, 9.17) is 16.3 Å². The van der Waals surface area contributed by atoms with E-state index in [1.807, 2.05) is 6.92 Å². The molecule has 0 atom stereocenters. The van der Waals surface area contributed by atoms with E-state index in [0.29, 0.717) is 26.7 Å². The number of carbonyl (C=O) groups excluding carboxylic acids is 3. The molecule has 0 spiro atoms. The summed E-state index contributed by atoms with van der Waals surface area (Å²) in [6.07, 6.45) is 0. The molecule has 0 fully saturated rings. The van der Waals surface area contributed by atoms with Gasteiger partial charge in [0.1, 0.15) is 5.82 Å². The Bertz CT molecular complexity index is 1240. The van der Waals surface area contributed by atoms with Crippen molar-refractivity contribution in [2.75, 3.05) is 17.7 Å². The molecule has 2 N–H and O–H groups in total. The fraction of sp³-hybridized carbons (Fsp3) is 0.174. The predicted octanol–water partition coefficient (Wildman–Crippen LogP) is 5.76. The van der Waals surface area contributed by atoms with Crippen molar-refractivity contribution in [1.29, 1.82) is 0 Å². The quantitative estimate of drug-likeness (QED) is 0.460. The summed E-state index contributed by atoms with van der Waals surface area (Å²) in [5.41, 5.74) is 3.20. The maximum absolute atomic E-state index is 13.2. The van der Waals surface area contributed by atoms with Gasteiger partial charge in [-0.3, -0.25) is 9.59 Å². The van der Waals surface area contributed by atoms with Gasteiger partial charge in [-0.05, 0) is 73.9 Å². The van der Waals surface area contributed by atoms with Crippen molar-refractivity contribution in [2.45, 2.75) is 20.8 Å². The highest BCUT2D eigenvalue weighted by Gasteiger charge is 2.19. The predicted molar refractivity (Wildman–Crippen MR) is 124 cm³/mol. The minimum Gasteiger partial charge on any atom is -0.465 e. The number of hydrogen-bond acceptors (Lipinski definition) is 5. The number of hydrogen-bond donors (Lipinski definition) is 2. The van der Waals surface area contributed by atoms with Crippen LogP contribution < -0.4 is 10.6 Å². The van der Waals surface area contributed by atoms with Crippen LogP contribution in [-0.4, -0.2) is 24.9 Å². The SMILES string of the molecule is COC(=O)c1cc(NC(=O)c2sc(NC(=O)c3ccc(F)cc3Cl)cc2C)cc(C)c1C. The third-order valence-electron chi connectivity index (χ3n) is 4.87. The Morgan fingerprint density at radius 1 is 0.938 bits per heavy atom. The Balaban J connectivity index is 1.80. The highest BCUT2D eigenvalue weighted by molar-refractivity contribution is 7.18. The van der Waals surface area contributed by atoms with Crippen LogP contribution in [0.5, 0.6) is 0 Å². The number of halogens is 2. The summed E-state index contributed by atoms with van der Waals surface area (Å²) in [4.78, 5) is 37.7. The van der Waals surface area contributed by atoms with Crippen molar-refractivity contribution >= 4 is 51.4 Å². The van der Waals surface area contributed by atoms with E-state index in [1.165, 1.54) is 13.2 Å². The number of ether oxygens (including phenoxy) is 1. The van der Waals surface area contributed by atoms with Gasteiger partial charge in [0.05, 0.1) is 33.1 Å². The van der Waals surface area contributed by atoms with E-state index >= 15 is 0 Å². The number of rotatable bonds is 5. The standard InChI is InChI=1S/C23H20ClFN2O4S/c1-11-7-15(10-17(13(11)3)23(30)31-4)26-22(29)20-12(2)8-19(32-20)27-21(28)16-6-5-14(25)9-18(16)24/h5-10H,1-4H3,(H,26,29)(H,27,28). The minimum atomic E-state index is -0.542. The summed E-state index contributed by atoms with van der Waals surface area (Å²) in [6, 6.07) is 8.48. The molecule has 0 aliphatic rings. The average Bonchev–Trinajstić information content (AvgIpc) is 3.09. The fourth-order valence-electron chi connectivity index (χ4n) is 3.06. The number of benzene rings is 2. The molecule has 3 rings (SSSR count). The highest BCUT2D eigenvalue weighted by atomic mass is 35.5. The molecule has 0 unspecified atom stereocenters. The van der Waals surface area contributed by atoms with Gasteiger partial charge in [0.25, 0.3) is 11.8 Å². The summed E-state index contributed by atoms with van der Waals surface area (Å²) in [5, 5.41) is 5.90. The number of aryl methyl sites for hydroxylation is 2. The first-order chi connectivity index (χ1) is 15.1. The Hall–Kier alpha value is -3.23. The van der Waals surface area contributed by atoms with E-state index < -0.39 is 17.7 Å². The molecule has 2 amide bonds. The summed E-state index contributed by atoms with van der Waals surface area (Å²) in [5.74, 6) is -1.93. The van der Waals surface area contributed by atoms with E-state index in [2.05, 4.69) is 10.6 Å². The molecule has 0 aliphatic carbocycles. The zero-order valence-electron chi connectivity index (χ0n) is 17.8. The van der Waals surface area contributed by atoms with Gasteiger partial charge >= 0.3 is 5.97 Å². The smallest absolute Gasteiger partial charge is 0.338 e. The van der Waals surface area contributed by atoms with Gasteiger partial charge in [0, 0.05) is 5.69 Å². The molecule has 0 radical (unpaired) electrons. The molecule has 3 aromatic rings. The molecule has 6 nitrogen and oxygen atoms in total. The van der Waals surface area contributed by atoms with Crippen molar-refractivity contribution in [1.82, 2.24) is 0 Å². The Kier molecular flexibility index (Phi) is 6.96. The molecule has 0 bridgehead atoms. The lowest BCUT2D eigenvalue weighted by atomic mass is 10.0. The number of nitrogens with one attached hydrogen (secondary N) is 2. The molecule has 0 saturated carbocycles. The number of carbonyl (C=O) groups is 3. The van der Waals surface area contributed by atoms with Crippen LogP contribution in [0.4, 0.5) is 15.1 Å². The first-order valence-corrected chi connectivity index (χ1v) is 10.7. The van der Waals surface area contributed by atoms with Gasteiger partial charge in [-0.1, -0.05) is 11.6 Å². The van der Waals surface area contributed by atoms with Crippen molar-refractivity contribution in [3.63, 3.8) is 0 Å². The minimum absolute atomic E-state index is 0.00936. The normalized spacial score (nSPS) is 10.6. The second-order valence-corrected chi connectivity index (χ2v) is 8.57. The van der Waals surface area contributed by atoms with Crippen LogP contribution in [0.15, 0.2) is 36.4 Å². The molecular formula is C23H20ClFN2O4S. The molecule has 166 valence electrons. The second-order valence-electron chi connectivity index (χ2n) is 7.11. The topological polar surface area (TPSA) is 84.5 Å². The molecule has 0 saturated heterocycles. The van der Waals surface area contributed by atoms with Crippen molar-refractivity contribution < 1.29 is 23.5 Å². The fourth-order valence-corrected chi connectivity index (χ4v) is 4.28. The van der Waals surface area contributed by atoms with Crippen LogP contribution in [0.2, 0.25) is 5.02 Å². The van der Waals surface area contributed by atoms with E-state index in [1.54, 1.807) is 32.0 Å². The lowest BCUT2D eigenvalue weighted by Gasteiger charge is -2.11. The zero-order valence-corrected chi connectivity index (χ0v) is 19.3. The average molecular weight is 475 g/mol. The lowest BCUT2D eigenvalue weighted by molar-refractivity contribution is 0.0599. The Morgan fingerprint density at radius 2 is 1.66 bits per heavy atom. The molecule has 9 heteroatoms. The van der Waals surface area contributed by atoms with Gasteiger partial charge in [0.15, 0.2) is 0 Å². The Morgan fingerprint density at radius 3 is 2.31 bits per heavy atom. The van der Waals surface area contributed by atoms with Crippen LogP contribution >= 0.6 is 22.9 Å². The first kappa shape index (κ1) is 23.4. The third-order valence-corrected chi connectivity index (χ3v) is 6.33. The number of thiophene rings is 1. The van der Waals surface area contributed by atoms with Gasteiger partial charge in [-0.15, -0.1) is 11.3 Å². The third kappa shape index (κ3) is 4.98. The van der Waals surface area contributed by atoms with Crippen molar-refractivity contribution in [3.05, 3.63) is 79.9 Å².